The first-order valence-electron chi connectivity index (χ1n) is 7.14. The number of nitrogens with two attached hydrogens (primary N) is 1. The molecule has 1 atom stereocenters. The fourth-order valence-electron chi connectivity index (χ4n) is 2.27. The highest BCUT2D eigenvalue weighted by Crippen LogP contribution is 2.19. The van der Waals surface area contributed by atoms with Gasteiger partial charge in [-0.05, 0) is 33.3 Å². The molecule has 0 radical (unpaired) electrons. The molecule has 1 aromatic heterocycles. The van der Waals surface area contributed by atoms with Gasteiger partial charge in [-0.3, -0.25) is 9.48 Å². The van der Waals surface area contributed by atoms with Crippen molar-refractivity contribution in [1.29, 1.82) is 0 Å². The number of anilines is 1. The lowest BCUT2D eigenvalue weighted by molar-refractivity contribution is 0.0930. The van der Waals surface area contributed by atoms with Crippen molar-refractivity contribution < 1.29 is 4.79 Å². The molecule has 0 aliphatic heterocycles. The predicted octanol–water partition coefficient (Wildman–Crippen LogP) is 2.59. The number of carbonyl (C=O) groups excluding carboxylic acids is 1. The van der Waals surface area contributed by atoms with Gasteiger partial charge in [-0.15, -0.1) is 0 Å². The normalized spacial score (nSPS) is 12.2. The standard InChI is InChI=1S/C16H22N4O/c1-5-20-15(14(17)12(4)19-20)16(21)18-11(3)13-8-6-10(2)7-9-13/h6-9,11H,5,17H2,1-4H3,(H,18,21). The summed E-state index contributed by atoms with van der Waals surface area (Å²) in [5.74, 6) is -0.192. The number of benzene rings is 1. The third-order valence-electron chi connectivity index (χ3n) is 3.61. The second kappa shape index (κ2) is 5.99. The van der Waals surface area contributed by atoms with E-state index in [9.17, 15) is 4.79 Å². The van der Waals surface area contributed by atoms with E-state index in [0.717, 1.165) is 5.56 Å². The fraction of sp³-hybridized carbons (Fsp3) is 0.375. The van der Waals surface area contributed by atoms with Gasteiger partial charge < -0.3 is 11.1 Å². The molecular formula is C16H22N4O. The number of aromatic nitrogens is 2. The van der Waals surface area contributed by atoms with Crippen LogP contribution in [0.3, 0.4) is 0 Å². The highest BCUT2D eigenvalue weighted by molar-refractivity contribution is 5.98. The number of carbonyl (C=O) groups is 1. The molecule has 0 saturated heterocycles. The average molecular weight is 286 g/mol. The van der Waals surface area contributed by atoms with Gasteiger partial charge in [0.15, 0.2) is 0 Å². The quantitative estimate of drug-likeness (QED) is 0.907. The Kier molecular flexibility index (Phi) is 4.31. The number of nitrogens with one attached hydrogen (secondary N) is 1. The SMILES string of the molecule is CCn1nc(C)c(N)c1C(=O)NC(C)c1ccc(C)cc1. The number of amides is 1. The van der Waals surface area contributed by atoms with E-state index in [4.69, 9.17) is 5.73 Å². The number of rotatable bonds is 4. The average Bonchev–Trinajstić information content (AvgIpc) is 2.74. The predicted molar refractivity (Wildman–Crippen MR) is 84.1 cm³/mol. The molecule has 1 unspecified atom stereocenters. The Morgan fingerprint density at radius 2 is 1.95 bits per heavy atom. The van der Waals surface area contributed by atoms with E-state index >= 15 is 0 Å². The summed E-state index contributed by atoms with van der Waals surface area (Å²) in [6.45, 7) is 8.35. The summed E-state index contributed by atoms with van der Waals surface area (Å²) in [6.07, 6.45) is 0. The second-order valence-electron chi connectivity index (χ2n) is 5.27. The first kappa shape index (κ1) is 15.1. The third kappa shape index (κ3) is 3.07. The molecular weight excluding hydrogens is 264 g/mol. The van der Waals surface area contributed by atoms with E-state index in [1.165, 1.54) is 5.56 Å². The molecule has 5 nitrogen and oxygen atoms in total. The van der Waals surface area contributed by atoms with Crippen LogP contribution in [0.4, 0.5) is 5.69 Å². The Balaban J connectivity index is 2.20. The Labute approximate surface area is 125 Å². The molecule has 2 aromatic rings. The van der Waals surface area contributed by atoms with E-state index in [2.05, 4.69) is 10.4 Å². The van der Waals surface area contributed by atoms with Crippen LogP contribution in [0.1, 0.15) is 47.2 Å². The first-order valence-corrected chi connectivity index (χ1v) is 7.14. The molecule has 0 spiro atoms. The molecule has 3 N–H and O–H groups in total. The van der Waals surface area contributed by atoms with Crippen molar-refractivity contribution in [2.75, 3.05) is 5.73 Å². The molecule has 0 aliphatic carbocycles. The van der Waals surface area contributed by atoms with Crippen LogP contribution in [0.5, 0.6) is 0 Å². The topological polar surface area (TPSA) is 72.9 Å². The fourth-order valence-corrected chi connectivity index (χ4v) is 2.27. The zero-order valence-electron chi connectivity index (χ0n) is 13.0. The van der Waals surface area contributed by atoms with Gasteiger partial charge in [-0.1, -0.05) is 29.8 Å². The van der Waals surface area contributed by atoms with E-state index in [-0.39, 0.29) is 11.9 Å². The molecule has 2 rings (SSSR count). The van der Waals surface area contributed by atoms with E-state index in [1.807, 2.05) is 52.0 Å². The van der Waals surface area contributed by atoms with Crippen molar-refractivity contribution in [1.82, 2.24) is 15.1 Å². The van der Waals surface area contributed by atoms with Crippen LogP contribution < -0.4 is 11.1 Å². The molecule has 1 amide bonds. The minimum Gasteiger partial charge on any atom is -0.395 e. The van der Waals surface area contributed by atoms with Crippen molar-refractivity contribution in [3.8, 4) is 0 Å². The van der Waals surface area contributed by atoms with Crippen molar-refractivity contribution in [3.05, 3.63) is 46.8 Å². The maximum Gasteiger partial charge on any atom is 0.272 e. The molecule has 0 fully saturated rings. The van der Waals surface area contributed by atoms with Crippen molar-refractivity contribution in [2.24, 2.45) is 0 Å². The van der Waals surface area contributed by atoms with Gasteiger partial charge in [0, 0.05) is 6.54 Å². The number of nitrogens with zero attached hydrogens (tertiary/aromatic N) is 2. The zero-order valence-corrected chi connectivity index (χ0v) is 13.0. The molecule has 0 aliphatic rings. The van der Waals surface area contributed by atoms with Gasteiger partial charge >= 0.3 is 0 Å². The second-order valence-corrected chi connectivity index (χ2v) is 5.27. The van der Waals surface area contributed by atoms with Crippen molar-refractivity contribution in [2.45, 2.75) is 40.3 Å². The van der Waals surface area contributed by atoms with E-state index < -0.39 is 0 Å². The molecule has 112 valence electrons. The number of nitrogen functional groups attached to an aromatic ring is 1. The van der Waals surface area contributed by atoms with Gasteiger partial charge in [-0.25, -0.2) is 0 Å². The monoisotopic (exact) mass is 286 g/mol. The van der Waals surface area contributed by atoms with Gasteiger partial charge in [0.1, 0.15) is 5.69 Å². The number of hydrogen-bond acceptors (Lipinski definition) is 3. The molecule has 0 bridgehead atoms. The van der Waals surface area contributed by atoms with Gasteiger partial charge in [0.05, 0.1) is 17.4 Å². The Morgan fingerprint density at radius 1 is 1.33 bits per heavy atom. The largest absolute Gasteiger partial charge is 0.395 e. The van der Waals surface area contributed by atoms with Crippen molar-refractivity contribution >= 4 is 11.6 Å². The van der Waals surface area contributed by atoms with Crippen LogP contribution in [0.25, 0.3) is 0 Å². The first-order chi connectivity index (χ1) is 9.93. The minimum absolute atomic E-state index is 0.0852. The molecule has 5 heteroatoms. The summed E-state index contributed by atoms with van der Waals surface area (Å²) in [5.41, 5.74) is 9.80. The van der Waals surface area contributed by atoms with Crippen LogP contribution in [0.2, 0.25) is 0 Å². The Hall–Kier alpha value is -2.30. The van der Waals surface area contributed by atoms with Crippen LogP contribution in [0.15, 0.2) is 24.3 Å². The van der Waals surface area contributed by atoms with Gasteiger partial charge in [0.25, 0.3) is 5.91 Å². The molecule has 1 heterocycles. The number of aryl methyl sites for hydroxylation is 3. The lowest BCUT2D eigenvalue weighted by Gasteiger charge is -2.15. The van der Waals surface area contributed by atoms with Crippen LogP contribution in [-0.2, 0) is 6.54 Å². The van der Waals surface area contributed by atoms with E-state index in [0.29, 0.717) is 23.6 Å². The molecule has 0 saturated carbocycles. The highest BCUT2D eigenvalue weighted by atomic mass is 16.2. The van der Waals surface area contributed by atoms with Gasteiger partial charge in [-0.2, -0.15) is 5.10 Å². The summed E-state index contributed by atoms with van der Waals surface area (Å²) < 4.78 is 1.64. The Bertz CT molecular complexity index is 643. The van der Waals surface area contributed by atoms with Gasteiger partial charge in [0.2, 0.25) is 0 Å². The zero-order chi connectivity index (χ0) is 15.6. The van der Waals surface area contributed by atoms with E-state index in [1.54, 1.807) is 4.68 Å². The summed E-state index contributed by atoms with van der Waals surface area (Å²) in [6, 6.07) is 8.02. The summed E-state index contributed by atoms with van der Waals surface area (Å²) in [5, 5.41) is 7.25. The lowest BCUT2D eigenvalue weighted by atomic mass is 10.1. The smallest absolute Gasteiger partial charge is 0.272 e. The van der Waals surface area contributed by atoms with Crippen LogP contribution >= 0.6 is 0 Å². The summed E-state index contributed by atoms with van der Waals surface area (Å²) >= 11 is 0. The van der Waals surface area contributed by atoms with Crippen molar-refractivity contribution in [3.63, 3.8) is 0 Å². The lowest BCUT2D eigenvalue weighted by Crippen LogP contribution is -2.29. The number of hydrogen-bond donors (Lipinski definition) is 2. The third-order valence-corrected chi connectivity index (χ3v) is 3.61. The minimum atomic E-state index is -0.192. The Morgan fingerprint density at radius 3 is 2.52 bits per heavy atom. The van der Waals surface area contributed by atoms with Crippen LogP contribution in [-0.4, -0.2) is 15.7 Å². The molecule has 1 aromatic carbocycles. The summed E-state index contributed by atoms with van der Waals surface area (Å²) in [4.78, 5) is 12.5. The maximum atomic E-state index is 12.5. The highest BCUT2D eigenvalue weighted by Gasteiger charge is 2.20. The summed E-state index contributed by atoms with van der Waals surface area (Å²) in [7, 11) is 0. The maximum absolute atomic E-state index is 12.5. The molecule has 21 heavy (non-hydrogen) atoms. The van der Waals surface area contributed by atoms with Crippen LogP contribution in [0, 0.1) is 13.8 Å².